The number of carbonyl (C=O) groups excluding carboxylic acids is 1. The van der Waals surface area contributed by atoms with Crippen molar-refractivity contribution in [1.82, 2.24) is 4.98 Å². The molecule has 0 saturated heterocycles. The maximum absolute atomic E-state index is 12.0. The zero-order valence-electron chi connectivity index (χ0n) is 9.55. The van der Waals surface area contributed by atoms with E-state index in [2.05, 4.69) is 10.3 Å². The number of hydrogen-bond donors (Lipinski definition) is 1. The summed E-state index contributed by atoms with van der Waals surface area (Å²) in [6, 6.07) is 4.29. The van der Waals surface area contributed by atoms with Crippen molar-refractivity contribution < 1.29 is 4.79 Å². The molecule has 104 valence electrons. The van der Waals surface area contributed by atoms with Crippen LogP contribution in [0.5, 0.6) is 0 Å². The van der Waals surface area contributed by atoms with Gasteiger partial charge in [-0.15, -0.1) is 0 Å². The van der Waals surface area contributed by atoms with E-state index in [0.717, 1.165) is 0 Å². The van der Waals surface area contributed by atoms with Crippen LogP contribution in [0.4, 0.5) is 5.69 Å². The van der Waals surface area contributed by atoms with Gasteiger partial charge in [-0.1, -0.05) is 58.0 Å². The molecule has 1 heterocycles. The fraction of sp³-hybridized carbons (Fsp3) is 0. The topological polar surface area (TPSA) is 42.0 Å². The minimum Gasteiger partial charge on any atom is -0.321 e. The molecular weight excluding hydrogens is 365 g/mol. The predicted octanol–water partition coefficient (Wildman–Crippen LogP) is 5.60. The number of aromatic nitrogens is 1. The lowest BCUT2D eigenvalue weighted by Gasteiger charge is -2.09. The summed E-state index contributed by atoms with van der Waals surface area (Å²) in [5.41, 5.74) is 0.568. The number of rotatable bonds is 2. The highest BCUT2D eigenvalue weighted by Crippen LogP contribution is 2.32. The van der Waals surface area contributed by atoms with Crippen LogP contribution in [0, 0.1) is 0 Å². The minimum atomic E-state index is -0.448. The normalized spacial score (nSPS) is 10.4. The van der Waals surface area contributed by atoms with Gasteiger partial charge in [0.2, 0.25) is 0 Å². The van der Waals surface area contributed by atoms with E-state index in [-0.39, 0.29) is 25.8 Å². The lowest BCUT2D eigenvalue weighted by molar-refractivity contribution is 0.102. The van der Waals surface area contributed by atoms with E-state index >= 15 is 0 Å². The molecule has 1 aromatic carbocycles. The Hall–Kier alpha value is -0.710. The summed E-state index contributed by atoms with van der Waals surface area (Å²) in [5.74, 6) is -0.448. The van der Waals surface area contributed by atoms with Gasteiger partial charge in [0.1, 0.15) is 5.15 Å². The number of benzene rings is 1. The van der Waals surface area contributed by atoms with Crippen LogP contribution in [0.25, 0.3) is 0 Å². The summed E-state index contributed by atoms with van der Waals surface area (Å²) in [4.78, 5) is 15.8. The lowest BCUT2D eigenvalue weighted by Crippen LogP contribution is -2.12. The Balaban J connectivity index is 2.27. The Morgan fingerprint density at radius 1 is 0.900 bits per heavy atom. The molecule has 1 aromatic heterocycles. The van der Waals surface area contributed by atoms with E-state index in [9.17, 15) is 4.79 Å². The third kappa shape index (κ3) is 3.48. The average molecular weight is 370 g/mol. The number of nitrogens with one attached hydrogen (secondary N) is 1. The molecular formula is C12H5Cl5N2O. The summed E-state index contributed by atoms with van der Waals surface area (Å²) >= 11 is 29.1. The predicted molar refractivity (Wildman–Crippen MR) is 83.7 cm³/mol. The van der Waals surface area contributed by atoms with Gasteiger partial charge in [-0.25, -0.2) is 4.98 Å². The van der Waals surface area contributed by atoms with Crippen molar-refractivity contribution in [3.05, 3.63) is 55.2 Å². The van der Waals surface area contributed by atoms with Gasteiger partial charge in [0.15, 0.2) is 0 Å². The van der Waals surface area contributed by atoms with Crippen molar-refractivity contribution >= 4 is 69.6 Å². The molecule has 0 aliphatic heterocycles. The van der Waals surface area contributed by atoms with Crippen LogP contribution in [0.15, 0.2) is 24.4 Å². The van der Waals surface area contributed by atoms with E-state index in [0.29, 0.717) is 10.7 Å². The van der Waals surface area contributed by atoms with Gasteiger partial charge >= 0.3 is 0 Å². The highest BCUT2D eigenvalue weighted by molar-refractivity contribution is 6.44. The standard InChI is InChI=1S/C12H5Cl5N2O/c13-6-2-8(15)10(3-7(6)14)19-12(20)5-1-9(16)11(17)18-4-5/h1-4H,(H,19,20). The number of halogens is 5. The maximum atomic E-state index is 12.0. The van der Waals surface area contributed by atoms with E-state index in [1.807, 2.05) is 0 Å². The molecule has 2 aromatic rings. The Bertz CT molecular complexity index is 690. The van der Waals surface area contributed by atoms with E-state index < -0.39 is 5.91 Å². The summed E-state index contributed by atoms with van der Waals surface area (Å²) in [5, 5.41) is 3.72. The molecule has 8 heteroatoms. The number of hydrogen-bond acceptors (Lipinski definition) is 2. The van der Waals surface area contributed by atoms with E-state index in [4.69, 9.17) is 58.0 Å². The van der Waals surface area contributed by atoms with Crippen LogP contribution < -0.4 is 5.32 Å². The van der Waals surface area contributed by atoms with E-state index in [1.165, 1.54) is 24.4 Å². The van der Waals surface area contributed by atoms with Gasteiger partial charge in [0, 0.05) is 6.20 Å². The summed E-state index contributed by atoms with van der Waals surface area (Å²) in [6.07, 6.45) is 1.30. The zero-order chi connectivity index (χ0) is 14.9. The van der Waals surface area contributed by atoms with Crippen LogP contribution in [-0.2, 0) is 0 Å². The zero-order valence-corrected chi connectivity index (χ0v) is 13.3. The monoisotopic (exact) mass is 368 g/mol. The van der Waals surface area contributed by atoms with Crippen molar-refractivity contribution in [2.24, 2.45) is 0 Å². The summed E-state index contributed by atoms with van der Waals surface area (Å²) < 4.78 is 0. The van der Waals surface area contributed by atoms with Gasteiger partial charge in [0.25, 0.3) is 5.91 Å². The van der Waals surface area contributed by atoms with Gasteiger partial charge in [-0.05, 0) is 18.2 Å². The first-order valence-corrected chi connectivity index (χ1v) is 7.04. The largest absolute Gasteiger partial charge is 0.321 e. The van der Waals surface area contributed by atoms with Crippen LogP contribution in [-0.4, -0.2) is 10.9 Å². The molecule has 0 saturated carbocycles. The Morgan fingerprint density at radius 3 is 2.20 bits per heavy atom. The van der Waals surface area contributed by atoms with Gasteiger partial charge in [0.05, 0.1) is 31.3 Å². The van der Waals surface area contributed by atoms with Crippen molar-refractivity contribution in [2.45, 2.75) is 0 Å². The highest BCUT2D eigenvalue weighted by atomic mass is 35.5. The number of anilines is 1. The van der Waals surface area contributed by atoms with E-state index in [1.54, 1.807) is 0 Å². The molecule has 0 radical (unpaired) electrons. The molecule has 0 aliphatic carbocycles. The molecule has 0 atom stereocenters. The second kappa shape index (κ2) is 6.37. The molecule has 0 aliphatic rings. The molecule has 0 bridgehead atoms. The average Bonchev–Trinajstić information content (AvgIpc) is 2.39. The molecule has 0 spiro atoms. The number of amides is 1. The van der Waals surface area contributed by atoms with Crippen molar-refractivity contribution in [1.29, 1.82) is 0 Å². The minimum absolute atomic E-state index is 0.121. The first-order chi connectivity index (χ1) is 9.38. The van der Waals surface area contributed by atoms with Crippen LogP contribution in [0.2, 0.25) is 25.2 Å². The van der Waals surface area contributed by atoms with Crippen LogP contribution >= 0.6 is 58.0 Å². The van der Waals surface area contributed by atoms with Gasteiger partial charge in [-0.3, -0.25) is 4.79 Å². The summed E-state index contributed by atoms with van der Waals surface area (Å²) in [7, 11) is 0. The third-order valence-corrected chi connectivity index (χ3v) is 4.04. The fourth-order valence-electron chi connectivity index (χ4n) is 1.36. The lowest BCUT2D eigenvalue weighted by atomic mass is 10.2. The van der Waals surface area contributed by atoms with Crippen molar-refractivity contribution in [3.63, 3.8) is 0 Å². The molecule has 0 unspecified atom stereocenters. The highest BCUT2D eigenvalue weighted by Gasteiger charge is 2.12. The van der Waals surface area contributed by atoms with Crippen LogP contribution in [0.1, 0.15) is 10.4 Å². The third-order valence-electron chi connectivity index (χ3n) is 2.32. The molecule has 2 rings (SSSR count). The number of carbonyl (C=O) groups is 1. The molecule has 3 nitrogen and oxygen atoms in total. The Morgan fingerprint density at radius 2 is 1.55 bits per heavy atom. The number of pyridine rings is 1. The quantitative estimate of drug-likeness (QED) is 0.552. The molecule has 1 N–H and O–H groups in total. The second-order valence-corrected chi connectivity index (χ2v) is 5.68. The number of nitrogens with zero attached hydrogens (tertiary/aromatic N) is 1. The van der Waals surface area contributed by atoms with Crippen LogP contribution in [0.3, 0.4) is 0 Å². The molecule has 0 fully saturated rings. The smallest absolute Gasteiger partial charge is 0.257 e. The summed E-state index contributed by atoms with van der Waals surface area (Å²) in [6.45, 7) is 0. The fourth-order valence-corrected chi connectivity index (χ4v) is 2.22. The molecule has 20 heavy (non-hydrogen) atoms. The maximum Gasteiger partial charge on any atom is 0.257 e. The second-order valence-electron chi connectivity index (χ2n) is 3.70. The Kier molecular flexibility index (Phi) is 4.99. The first-order valence-electron chi connectivity index (χ1n) is 5.15. The van der Waals surface area contributed by atoms with Gasteiger partial charge < -0.3 is 5.32 Å². The van der Waals surface area contributed by atoms with Crippen molar-refractivity contribution in [2.75, 3.05) is 5.32 Å². The molecule has 1 amide bonds. The van der Waals surface area contributed by atoms with Gasteiger partial charge in [-0.2, -0.15) is 0 Å². The SMILES string of the molecule is O=C(Nc1cc(Cl)c(Cl)cc1Cl)c1cnc(Cl)c(Cl)c1. The first kappa shape index (κ1) is 15.7. The Labute approximate surface area is 139 Å². The van der Waals surface area contributed by atoms with Crippen molar-refractivity contribution in [3.8, 4) is 0 Å².